The lowest BCUT2D eigenvalue weighted by molar-refractivity contribution is 0.239. The molecule has 0 amide bonds. The molecule has 2 atom stereocenters. The molecule has 3 rings (SSSR count). The predicted octanol–water partition coefficient (Wildman–Crippen LogP) is 2.68. The summed E-state index contributed by atoms with van der Waals surface area (Å²) in [5.74, 6) is 2.04. The summed E-state index contributed by atoms with van der Waals surface area (Å²) in [4.78, 5) is 0. The summed E-state index contributed by atoms with van der Waals surface area (Å²) in [5, 5.41) is 12.3. The first-order chi connectivity index (χ1) is 10.2. The third-order valence-corrected chi connectivity index (χ3v) is 4.36. The highest BCUT2D eigenvalue weighted by Gasteiger charge is 2.26. The number of nitrogens with zero attached hydrogens (tertiary/aromatic N) is 4. The lowest BCUT2D eigenvalue weighted by Crippen LogP contribution is -2.23. The van der Waals surface area contributed by atoms with Gasteiger partial charge >= 0.3 is 0 Å². The van der Waals surface area contributed by atoms with Gasteiger partial charge in [-0.1, -0.05) is 19.8 Å². The van der Waals surface area contributed by atoms with Gasteiger partial charge in [0.05, 0.1) is 18.8 Å². The minimum absolute atomic E-state index is 0.368. The van der Waals surface area contributed by atoms with Crippen LogP contribution in [0.5, 0.6) is 5.75 Å². The number of hydrogen-bond acceptors (Lipinski definition) is 5. The topological polar surface area (TPSA) is 78.9 Å². The van der Waals surface area contributed by atoms with Crippen LogP contribution in [0.4, 0.5) is 5.69 Å². The Hall–Kier alpha value is -2.11. The molecule has 2 unspecified atom stereocenters. The summed E-state index contributed by atoms with van der Waals surface area (Å²) in [6.07, 6.45) is 4.89. The molecule has 0 bridgehead atoms. The van der Waals surface area contributed by atoms with E-state index in [2.05, 4.69) is 22.4 Å². The molecule has 21 heavy (non-hydrogen) atoms. The standard InChI is InChI=1S/C15H21N5O/c1-10-5-3-4-6-13(10)20-15(17-18-19-20)11-7-8-14(21-2)12(16)9-11/h7-10,13H,3-6,16H2,1-2H3. The van der Waals surface area contributed by atoms with E-state index in [0.29, 0.717) is 23.4 Å². The number of nitrogen functional groups attached to an aromatic ring is 1. The van der Waals surface area contributed by atoms with E-state index in [9.17, 15) is 0 Å². The van der Waals surface area contributed by atoms with Crippen molar-refractivity contribution in [1.82, 2.24) is 20.2 Å². The number of benzene rings is 1. The van der Waals surface area contributed by atoms with Gasteiger partial charge in [0.15, 0.2) is 5.82 Å². The number of anilines is 1. The maximum absolute atomic E-state index is 5.99. The summed E-state index contributed by atoms with van der Waals surface area (Å²) in [6, 6.07) is 6.04. The van der Waals surface area contributed by atoms with Gasteiger partial charge in [-0.15, -0.1) is 5.10 Å². The molecule has 2 aromatic rings. The first kappa shape index (κ1) is 13.9. The van der Waals surface area contributed by atoms with Crippen molar-refractivity contribution in [3.05, 3.63) is 18.2 Å². The minimum Gasteiger partial charge on any atom is -0.495 e. The van der Waals surface area contributed by atoms with Crippen LogP contribution in [0.2, 0.25) is 0 Å². The molecule has 1 aromatic heterocycles. The van der Waals surface area contributed by atoms with Crippen LogP contribution in [0.25, 0.3) is 11.4 Å². The Morgan fingerprint density at radius 2 is 2.10 bits per heavy atom. The molecule has 1 saturated carbocycles. The number of methoxy groups -OCH3 is 1. The second-order valence-corrected chi connectivity index (χ2v) is 5.73. The van der Waals surface area contributed by atoms with E-state index in [0.717, 1.165) is 17.8 Å². The van der Waals surface area contributed by atoms with E-state index < -0.39 is 0 Å². The Balaban J connectivity index is 1.96. The Bertz CT molecular complexity index is 624. The molecule has 6 heteroatoms. The van der Waals surface area contributed by atoms with Gasteiger partial charge in [0.25, 0.3) is 0 Å². The fourth-order valence-electron chi connectivity index (χ4n) is 3.14. The Kier molecular flexibility index (Phi) is 3.77. The zero-order valence-electron chi connectivity index (χ0n) is 12.5. The van der Waals surface area contributed by atoms with Crippen LogP contribution in [-0.2, 0) is 0 Å². The van der Waals surface area contributed by atoms with Crippen LogP contribution in [-0.4, -0.2) is 27.3 Å². The molecule has 1 aromatic carbocycles. The van der Waals surface area contributed by atoms with Crippen molar-refractivity contribution in [3.8, 4) is 17.1 Å². The van der Waals surface area contributed by atoms with Gasteiger partial charge in [-0.3, -0.25) is 0 Å². The second kappa shape index (κ2) is 5.71. The molecule has 6 nitrogen and oxygen atoms in total. The molecule has 1 aliphatic carbocycles. The molecular formula is C15H21N5O. The molecule has 1 fully saturated rings. The normalized spacial score (nSPS) is 22.2. The van der Waals surface area contributed by atoms with Crippen LogP contribution in [0, 0.1) is 5.92 Å². The van der Waals surface area contributed by atoms with E-state index in [1.165, 1.54) is 19.3 Å². The van der Waals surface area contributed by atoms with Gasteiger partial charge in [0.1, 0.15) is 5.75 Å². The van der Waals surface area contributed by atoms with Crippen molar-refractivity contribution in [1.29, 1.82) is 0 Å². The van der Waals surface area contributed by atoms with Crippen molar-refractivity contribution >= 4 is 5.69 Å². The fraction of sp³-hybridized carbons (Fsp3) is 0.533. The number of ether oxygens (including phenoxy) is 1. The summed E-state index contributed by atoms with van der Waals surface area (Å²) in [6.45, 7) is 2.28. The van der Waals surface area contributed by atoms with Crippen LogP contribution in [0.15, 0.2) is 18.2 Å². The monoisotopic (exact) mass is 287 g/mol. The third-order valence-electron chi connectivity index (χ3n) is 4.36. The molecular weight excluding hydrogens is 266 g/mol. The smallest absolute Gasteiger partial charge is 0.182 e. The van der Waals surface area contributed by atoms with E-state index in [1.54, 1.807) is 7.11 Å². The first-order valence-electron chi connectivity index (χ1n) is 7.42. The summed E-state index contributed by atoms with van der Waals surface area (Å²) in [5.41, 5.74) is 7.52. The maximum Gasteiger partial charge on any atom is 0.182 e. The molecule has 1 heterocycles. The van der Waals surface area contributed by atoms with Crippen molar-refractivity contribution in [3.63, 3.8) is 0 Å². The molecule has 0 aliphatic heterocycles. The molecule has 0 radical (unpaired) electrons. The molecule has 1 aliphatic rings. The number of aromatic nitrogens is 4. The predicted molar refractivity (Wildman–Crippen MR) is 80.9 cm³/mol. The molecule has 2 N–H and O–H groups in total. The van der Waals surface area contributed by atoms with Crippen LogP contribution in [0.3, 0.4) is 0 Å². The number of nitrogens with two attached hydrogens (primary N) is 1. The Morgan fingerprint density at radius 1 is 1.29 bits per heavy atom. The maximum atomic E-state index is 5.99. The lowest BCUT2D eigenvalue weighted by Gasteiger charge is -2.29. The number of hydrogen-bond donors (Lipinski definition) is 1. The van der Waals surface area contributed by atoms with Crippen molar-refractivity contribution in [2.45, 2.75) is 38.6 Å². The largest absolute Gasteiger partial charge is 0.495 e. The average Bonchev–Trinajstić information content (AvgIpc) is 2.97. The van der Waals surface area contributed by atoms with Gasteiger partial charge in [0, 0.05) is 5.56 Å². The van der Waals surface area contributed by atoms with Gasteiger partial charge in [-0.05, 0) is 47.4 Å². The molecule has 0 spiro atoms. The quantitative estimate of drug-likeness (QED) is 0.878. The number of rotatable bonds is 3. The van der Waals surface area contributed by atoms with E-state index in [1.807, 2.05) is 22.9 Å². The Labute approximate surface area is 124 Å². The minimum atomic E-state index is 0.368. The summed E-state index contributed by atoms with van der Waals surface area (Å²) in [7, 11) is 1.61. The Morgan fingerprint density at radius 3 is 2.81 bits per heavy atom. The lowest BCUT2D eigenvalue weighted by atomic mass is 9.86. The highest BCUT2D eigenvalue weighted by molar-refractivity contribution is 5.66. The highest BCUT2D eigenvalue weighted by atomic mass is 16.5. The first-order valence-corrected chi connectivity index (χ1v) is 7.42. The summed E-state index contributed by atoms with van der Waals surface area (Å²) < 4.78 is 7.16. The number of tetrazole rings is 1. The van der Waals surface area contributed by atoms with Crippen LogP contribution >= 0.6 is 0 Å². The van der Waals surface area contributed by atoms with Crippen LogP contribution < -0.4 is 10.5 Å². The van der Waals surface area contributed by atoms with Crippen LogP contribution in [0.1, 0.15) is 38.6 Å². The highest BCUT2D eigenvalue weighted by Crippen LogP contribution is 2.36. The zero-order chi connectivity index (χ0) is 14.8. The van der Waals surface area contributed by atoms with Crippen molar-refractivity contribution in [2.24, 2.45) is 5.92 Å². The van der Waals surface area contributed by atoms with Crippen molar-refractivity contribution in [2.75, 3.05) is 12.8 Å². The molecule has 112 valence electrons. The average molecular weight is 287 g/mol. The van der Waals surface area contributed by atoms with Gasteiger partial charge in [-0.25, -0.2) is 4.68 Å². The van der Waals surface area contributed by atoms with E-state index in [4.69, 9.17) is 10.5 Å². The second-order valence-electron chi connectivity index (χ2n) is 5.73. The van der Waals surface area contributed by atoms with E-state index >= 15 is 0 Å². The SMILES string of the molecule is COc1ccc(-c2nnnn2C2CCCCC2C)cc1N. The summed E-state index contributed by atoms with van der Waals surface area (Å²) >= 11 is 0. The zero-order valence-corrected chi connectivity index (χ0v) is 12.5. The van der Waals surface area contributed by atoms with Gasteiger partial charge in [-0.2, -0.15) is 0 Å². The third kappa shape index (κ3) is 2.57. The van der Waals surface area contributed by atoms with Gasteiger partial charge in [0.2, 0.25) is 0 Å². The molecule has 0 saturated heterocycles. The van der Waals surface area contributed by atoms with Gasteiger partial charge < -0.3 is 10.5 Å². The van der Waals surface area contributed by atoms with E-state index in [-0.39, 0.29) is 0 Å². The fourth-order valence-corrected chi connectivity index (χ4v) is 3.14. The van der Waals surface area contributed by atoms with Crippen molar-refractivity contribution < 1.29 is 4.74 Å².